The van der Waals surface area contributed by atoms with Crippen molar-refractivity contribution in [1.29, 1.82) is 5.26 Å². The minimum Gasteiger partial charge on any atom is -0.497 e. The van der Waals surface area contributed by atoms with Crippen molar-refractivity contribution in [1.82, 2.24) is 0 Å². The molecular weight excluding hydrogens is 304 g/mol. The normalized spacial score (nSPS) is 11.4. The van der Waals surface area contributed by atoms with Crippen LogP contribution in [0.3, 0.4) is 0 Å². The second kappa shape index (κ2) is 6.26. The zero-order valence-corrected chi connectivity index (χ0v) is 12.0. The molecule has 2 aromatic rings. The molecule has 0 spiro atoms. The first kappa shape index (κ1) is 13.4. The molecule has 0 radical (unpaired) electrons. The fraction of sp³-hybridized carbons (Fsp3) is 0.133. The van der Waals surface area contributed by atoms with Gasteiger partial charge in [0.1, 0.15) is 11.8 Å². The van der Waals surface area contributed by atoms with Gasteiger partial charge in [-0.15, -0.1) is 0 Å². The van der Waals surface area contributed by atoms with Gasteiger partial charge in [0.05, 0.1) is 13.2 Å². The summed E-state index contributed by atoms with van der Waals surface area (Å²) in [5.41, 5.74) is 1.78. The number of rotatable bonds is 4. The summed E-state index contributed by atoms with van der Waals surface area (Å²) in [6, 6.07) is 17.1. The Morgan fingerprint density at radius 3 is 2.58 bits per heavy atom. The molecule has 0 amide bonds. The van der Waals surface area contributed by atoms with Gasteiger partial charge < -0.3 is 10.1 Å². The van der Waals surface area contributed by atoms with Gasteiger partial charge in [-0.3, -0.25) is 0 Å². The second-order valence-corrected chi connectivity index (χ2v) is 4.91. The van der Waals surface area contributed by atoms with Gasteiger partial charge in [-0.25, -0.2) is 0 Å². The van der Waals surface area contributed by atoms with Crippen LogP contribution in [0.1, 0.15) is 11.6 Å². The van der Waals surface area contributed by atoms with Gasteiger partial charge in [-0.2, -0.15) is 5.26 Å². The van der Waals surface area contributed by atoms with Crippen LogP contribution < -0.4 is 10.1 Å². The van der Waals surface area contributed by atoms with Crippen LogP contribution in [0.2, 0.25) is 0 Å². The number of nitrogens with zero attached hydrogens (tertiary/aromatic N) is 1. The number of hydrogen-bond donors (Lipinski definition) is 1. The molecule has 0 heterocycles. The largest absolute Gasteiger partial charge is 0.497 e. The molecule has 0 aliphatic carbocycles. The van der Waals surface area contributed by atoms with E-state index in [9.17, 15) is 5.26 Å². The lowest BCUT2D eigenvalue weighted by Crippen LogP contribution is -2.08. The molecule has 0 saturated heterocycles. The van der Waals surface area contributed by atoms with Crippen molar-refractivity contribution in [3.8, 4) is 11.8 Å². The summed E-state index contributed by atoms with van der Waals surface area (Å²) >= 11 is 3.38. The van der Waals surface area contributed by atoms with Gasteiger partial charge >= 0.3 is 0 Å². The first-order chi connectivity index (χ1) is 9.22. The van der Waals surface area contributed by atoms with Crippen molar-refractivity contribution in [2.75, 3.05) is 12.4 Å². The van der Waals surface area contributed by atoms with Crippen molar-refractivity contribution in [3.05, 3.63) is 58.6 Å². The zero-order chi connectivity index (χ0) is 13.7. The number of nitriles is 1. The predicted octanol–water partition coefficient (Wildman–Crippen LogP) is 4.13. The van der Waals surface area contributed by atoms with E-state index in [0.29, 0.717) is 0 Å². The van der Waals surface area contributed by atoms with Crippen molar-refractivity contribution in [2.24, 2.45) is 0 Å². The molecule has 0 saturated carbocycles. The van der Waals surface area contributed by atoms with E-state index >= 15 is 0 Å². The van der Waals surface area contributed by atoms with E-state index in [4.69, 9.17) is 4.74 Å². The molecule has 4 heteroatoms. The second-order valence-electron chi connectivity index (χ2n) is 3.99. The maximum atomic E-state index is 9.30. The third-order valence-electron chi connectivity index (χ3n) is 2.71. The summed E-state index contributed by atoms with van der Waals surface area (Å²) in [4.78, 5) is 0. The highest BCUT2D eigenvalue weighted by Gasteiger charge is 2.10. The van der Waals surface area contributed by atoms with E-state index in [2.05, 4.69) is 27.3 Å². The lowest BCUT2D eigenvalue weighted by molar-refractivity contribution is 0.414. The highest BCUT2D eigenvalue weighted by atomic mass is 79.9. The molecule has 1 atom stereocenters. The fourth-order valence-electron chi connectivity index (χ4n) is 1.72. The van der Waals surface area contributed by atoms with Gasteiger partial charge in [0.15, 0.2) is 0 Å². The molecule has 0 aliphatic rings. The summed E-state index contributed by atoms with van der Waals surface area (Å²) in [5.74, 6) is 0.746. The Hall–Kier alpha value is -1.99. The molecule has 3 nitrogen and oxygen atoms in total. The van der Waals surface area contributed by atoms with Crippen LogP contribution in [0.15, 0.2) is 53.0 Å². The van der Waals surface area contributed by atoms with Crippen LogP contribution in [0.4, 0.5) is 5.69 Å². The van der Waals surface area contributed by atoms with Crippen molar-refractivity contribution in [2.45, 2.75) is 6.04 Å². The molecule has 0 aromatic heterocycles. The maximum absolute atomic E-state index is 9.30. The fourth-order valence-corrected chi connectivity index (χ4v) is 1.99. The highest BCUT2D eigenvalue weighted by Crippen LogP contribution is 2.23. The number of nitrogens with one attached hydrogen (secondary N) is 1. The summed E-state index contributed by atoms with van der Waals surface area (Å²) in [7, 11) is 1.61. The standard InChI is InChI=1S/C15H13BrN2O/c1-19-14-4-2-3-11(9-14)15(10-17)18-13-7-5-12(16)6-8-13/h2-9,15,18H,1H3. The van der Waals surface area contributed by atoms with Gasteiger partial charge in [-0.1, -0.05) is 28.1 Å². The highest BCUT2D eigenvalue weighted by molar-refractivity contribution is 9.10. The number of methoxy groups -OCH3 is 1. The molecule has 0 fully saturated rings. The Morgan fingerprint density at radius 2 is 1.95 bits per heavy atom. The summed E-state index contributed by atoms with van der Waals surface area (Å²) in [6.07, 6.45) is 0. The number of ether oxygens (including phenoxy) is 1. The monoisotopic (exact) mass is 316 g/mol. The van der Waals surface area contributed by atoms with Crippen LogP contribution >= 0.6 is 15.9 Å². The van der Waals surface area contributed by atoms with Crippen molar-refractivity contribution in [3.63, 3.8) is 0 Å². The maximum Gasteiger partial charge on any atom is 0.140 e. The SMILES string of the molecule is COc1cccc(C(C#N)Nc2ccc(Br)cc2)c1. The average Bonchev–Trinajstić information content (AvgIpc) is 2.46. The molecule has 2 rings (SSSR count). The number of halogens is 1. The number of anilines is 1. The third-order valence-corrected chi connectivity index (χ3v) is 3.24. The first-order valence-electron chi connectivity index (χ1n) is 5.78. The quantitative estimate of drug-likeness (QED) is 0.922. The Balaban J connectivity index is 2.20. The van der Waals surface area contributed by atoms with E-state index in [-0.39, 0.29) is 0 Å². The number of benzene rings is 2. The lowest BCUT2D eigenvalue weighted by Gasteiger charge is -2.14. The van der Waals surface area contributed by atoms with Gasteiger partial charge in [-0.05, 0) is 42.0 Å². The Morgan fingerprint density at radius 1 is 1.21 bits per heavy atom. The van der Waals surface area contributed by atoms with Crippen LogP contribution in [-0.4, -0.2) is 7.11 Å². The van der Waals surface area contributed by atoms with E-state index in [1.165, 1.54) is 0 Å². The van der Waals surface area contributed by atoms with E-state index in [1.807, 2.05) is 48.5 Å². The van der Waals surface area contributed by atoms with E-state index < -0.39 is 6.04 Å². The molecule has 1 N–H and O–H groups in total. The molecule has 19 heavy (non-hydrogen) atoms. The first-order valence-corrected chi connectivity index (χ1v) is 6.58. The smallest absolute Gasteiger partial charge is 0.140 e. The molecule has 96 valence electrons. The average molecular weight is 317 g/mol. The number of hydrogen-bond acceptors (Lipinski definition) is 3. The molecular formula is C15H13BrN2O. The molecule has 1 unspecified atom stereocenters. The van der Waals surface area contributed by atoms with Gasteiger partial charge in [0.2, 0.25) is 0 Å². The van der Waals surface area contributed by atoms with E-state index in [0.717, 1.165) is 21.5 Å². The zero-order valence-electron chi connectivity index (χ0n) is 10.4. The van der Waals surface area contributed by atoms with Crippen molar-refractivity contribution >= 4 is 21.6 Å². The van der Waals surface area contributed by atoms with Gasteiger partial charge in [0, 0.05) is 10.2 Å². The van der Waals surface area contributed by atoms with E-state index in [1.54, 1.807) is 7.11 Å². The minimum absolute atomic E-state index is 0.406. The van der Waals surface area contributed by atoms with Crippen LogP contribution in [-0.2, 0) is 0 Å². The van der Waals surface area contributed by atoms with Crippen molar-refractivity contribution < 1.29 is 4.74 Å². The predicted molar refractivity (Wildman–Crippen MR) is 79.1 cm³/mol. The summed E-state index contributed by atoms with van der Waals surface area (Å²) < 4.78 is 6.18. The van der Waals surface area contributed by atoms with Gasteiger partial charge in [0.25, 0.3) is 0 Å². The Labute approximate surface area is 121 Å². The Bertz CT molecular complexity index is 590. The third kappa shape index (κ3) is 3.49. The minimum atomic E-state index is -0.406. The van der Waals surface area contributed by atoms with Crippen LogP contribution in [0, 0.1) is 11.3 Å². The summed E-state index contributed by atoms with van der Waals surface area (Å²) in [5, 5.41) is 12.5. The Kier molecular flexibility index (Phi) is 4.43. The molecule has 0 aliphatic heterocycles. The van der Waals surface area contributed by atoms with Crippen LogP contribution in [0.25, 0.3) is 0 Å². The lowest BCUT2D eigenvalue weighted by atomic mass is 10.1. The topological polar surface area (TPSA) is 45.0 Å². The molecule has 2 aromatic carbocycles. The van der Waals surface area contributed by atoms with Crippen LogP contribution in [0.5, 0.6) is 5.75 Å². The summed E-state index contributed by atoms with van der Waals surface area (Å²) in [6.45, 7) is 0. The molecule has 0 bridgehead atoms.